The number of aliphatic hydroxyl groups excluding tert-OH is 1. The molecule has 21 heavy (non-hydrogen) atoms. The monoisotopic (exact) mass is 294 g/mol. The first-order valence-electron chi connectivity index (χ1n) is 7.85. The quantitative estimate of drug-likeness (QED) is 0.709. The first-order valence-corrected chi connectivity index (χ1v) is 7.85. The van der Waals surface area contributed by atoms with E-state index in [1.165, 1.54) is 32.1 Å². The van der Waals surface area contributed by atoms with Crippen LogP contribution < -0.4 is 10.6 Å². The maximum absolute atomic E-state index is 11.5. The Hall–Kier alpha value is -1.56. The van der Waals surface area contributed by atoms with Crippen molar-refractivity contribution in [1.29, 1.82) is 0 Å². The molecule has 0 bridgehead atoms. The molecule has 1 aliphatic rings. The number of carbonyl (C=O) groups excluding carboxylic acids is 1. The highest BCUT2D eigenvalue weighted by Crippen LogP contribution is 2.27. The summed E-state index contributed by atoms with van der Waals surface area (Å²) in [6.45, 7) is 2.64. The van der Waals surface area contributed by atoms with E-state index < -0.39 is 0 Å². The zero-order valence-corrected chi connectivity index (χ0v) is 12.7. The summed E-state index contributed by atoms with van der Waals surface area (Å²) < 4.78 is 1.61. The first kappa shape index (κ1) is 15.8. The Morgan fingerprint density at radius 3 is 2.95 bits per heavy atom. The van der Waals surface area contributed by atoms with Crippen LogP contribution in [0.2, 0.25) is 0 Å². The van der Waals surface area contributed by atoms with E-state index in [1.54, 1.807) is 10.9 Å². The van der Waals surface area contributed by atoms with E-state index in [4.69, 9.17) is 5.11 Å². The van der Waals surface area contributed by atoms with Crippen molar-refractivity contribution in [3.63, 3.8) is 0 Å². The number of carbonyl (C=O) groups is 1. The second-order valence-electron chi connectivity index (χ2n) is 5.83. The molecular formula is C15H26N4O2. The minimum Gasteiger partial charge on any atom is -0.395 e. The molecule has 1 atom stereocenters. The van der Waals surface area contributed by atoms with E-state index in [9.17, 15) is 4.79 Å². The van der Waals surface area contributed by atoms with Crippen LogP contribution in [0.15, 0.2) is 12.4 Å². The summed E-state index contributed by atoms with van der Waals surface area (Å²) in [5, 5.41) is 19.0. The van der Waals surface area contributed by atoms with E-state index in [-0.39, 0.29) is 25.6 Å². The summed E-state index contributed by atoms with van der Waals surface area (Å²) in [7, 11) is 0. The number of nitrogens with zero attached hydrogens (tertiary/aromatic N) is 2. The highest BCUT2D eigenvalue weighted by molar-refractivity contribution is 5.75. The summed E-state index contributed by atoms with van der Waals surface area (Å²) in [6, 6.07) is 0.436. The molecule has 1 unspecified atom stereocenters. The zero-order chi connectivity index (χ0) is 15.1. The number of nitrogens with one attached hydrogen (secondary N) is 2. The van der Waals surface area contributed by atoms with Gasteiger partial charge in [0.1, 0.15) is 6.54 Å². The lowest BCUT2D eigenvalue weighted by Gasteiger charge is -2.28. The van der Waals surface area contributed by atoms with Crippen molar-refractivity contribution >= 4 is 11.6 Å². The molecule has 0 radical (unpaired) electrons. The van der Waals surface area contributed by atoms with Gasteiger partial charge in [0.25, 0.3) is 0 Å². The third kappa shape index (κ3) is 5.04. The summed E-state index contributed by atoms with van der Waals surface area (Å²) in [4.78, 5) is 11.5. The molecule has 0 aromatic carbocycles. The van der Waals surface area contributed by atoms with Gasteiger partial charge in [-0.05, 0) is 25.7 Å². The highest BCUT2D eigenvalue weighted by atomic mass is 16.3. The van der Waals surface area contributed by atoms with Crippen LogP contribution >= 0.6 is 0 Å². The van der Waals surface area contributed by atoms with Crippen LogP contribution in [0, 0.1) is 5.92 Å². The number of aliphatic hydroxyl groups is 1. The molecule has 1 aromatic heterocycles. The van der Waals surface area contributed by atoms with E-state index in [0.717, 1.165) is 11.6 Å². The molecule has 1 amide bonds. The van der Waals surface area contributed by atoms with Gasteiger partial charge in [-0.25, -0.2) is 0 Å². The number of amides is 1. The van der Waals surface area contributed by atoms with Gasteiger partial charge in [-0.3, -0.25) is 9.48 Å². The lowest BCUT2D eigenvalue weighted by molar-refractivity contribution is -0.122. The van der Waals surface area contributed by atoms with E-state index in [2.05, 4.69) is 22.7 Å². The molecule has 6 heteroatoms. The van der Waals surface area contributed by atoms with Crippen LogP contribution in [0.5, 0.6) is 0 Å². The number of hydrogen-bond donors (Lipinski definition) is 3. The lowest BCUT2D eigenvalue weighted by Crippen LogP contribution is -2.30. The van der Waals surface area contributed by atoms with Gasteiger partial charge >= 0.3 is 0 Å². The summed E-state index contributed by atoms with van der Waals surface area (Å²) in [5.41, 5.74) is 0.961. The Labute approximate surface area is 125 Å². The topological polar surface area (TPSA) is 79.2 Å². The third-order valence-corrected chi connectivity index (χ3v) is 4.12. The fraction of sp³-hybridized carbons (Fsp3) is 0.733. The molecule has 1 heterocycles. The highest BCUT2D eigenvalue weighted by Gasteiger charge is 2.20. The van der Waals surface area contributed by atoms with Crippen LogP contribution in [0.25, 0.3) is 0 Å². The first-order chi connectivity index (χ1) is 10.2. The van der Waals surface area contributed by atoms with E-state index in [1.807, 2.05) is 6.20 Å². The Bertz CT molecular complexity index is 441. The van der Waals surface area contributed by atoms with Gasteiger partial charge in [0.2, 0.25) is 5.91 Å². The minimum absolute atomic E-state index is 0.0451. The fourth-order valence-corrected chi connectivity index (χ4v) is 2.94. The molecule has 0 spiro atoms. The van der Waals surface area contributed by atoms with Gasteiger partial charge in [0.05, 0.1) is 18.5 Å². The Morgan fingerprint density at radius 2 is 2.24 bits per heavy atom. The molecule has 6 nitrogen and oxygen atoms in total. The van der Waals surface area contributed by atoms with Crippen molar-refractivity contribution in [2.24, 2.45) is 5.92 Å². The number of anilines is 1. The molecule has 0 saturated heterocycles. The van der Waals surface area contributed by atoms with Crippen LogP contribution in [0.3, 0.4) is 0 Å². The standard InChI is InChI=1S/C15H26N4O2/c1-12(13-5-3-2-4-6-13)18-14-9-17-19(10-14)11-15(21)16-7-8-20/h9-10,12-13,18,20H,2-8,11H2,1H3,(H,16,21). The van der Waals surface area contributed by atoms with Crippen LogP contribution in [0.1, 0.15) is 39.0 Å². The average Bonchev–Trinajstić information content (AvgIpc) is 2.93. The third-order valence-electron chi connectivity index (χ3n) is 4.12. The zero-order valence-electron chi connectivity index (χ0n) is 12.7. The van der Waals surface area contributed by atoms with Crippen molar-refractivity contribution in [1.82, 2.24) is 15.1 Å². The SMILES string of the molecule is CC(Nc1cnn(CC(=O)NCCO)c1)C1CCCCC1. The van der Waals surface area contributed by atoms with Gasteiger partial charge in [0.15, 0.2) is 0 Å². The second-order valence-corrected chi connectivity index (χ2v) is 5.83. The maximum atomic E-state index is 11.5. The number of hydrogen-bond acceptors (Lipinski definition) is 4. The molecular weight excluding hydrogens is 268 g/mol. The van der Waals surface area contributed by atoms with Crippen LogP contribution in [-0.4, -0.2) is 40.0 Å². The molecule has 1 aromatic rings. The molecule has 3 N–H and O–H groups in total. The van der Waals surface area contributed by atoms with Gasteiger partial charge in [-0.1, -0.05) is 19.3 Å². The van der Waals surface area contributed by atoms with Gasteiger partial charge in [0, 0.05) is 18.8 Å². The Kier molecular flexibility index (Phi) is 6.04. The smallest absolute Gasteiger partial charge is 0.241 e. The van der Waals surface area contributed by atoms with Gasteiger partial charge in [-0.2, -0.15) is 5.10 Å². The molecule has 1 saturated carbocycles. The van der Waals surface area contributed by atoms with Gasteiger partial charge in [-0.15, -0.1) is 0 Å². The van der Waals surface area contributed by atoms with Crippen LogP contribution in [-0.2, 0) is 11.3 Å². The molecule has 0 aliphatic heterocycles. The molecule has 1 fully saturated rings. The van der Waals surface area contributed by atoms with Gasteiger partial charge < -0.3 is 15.7 Å². The summed E-state index contributed by atoms with van der Waals surface area (Å²) in [5.74, 6) is 0.592. The molecule has 1 aliphatic carbocycles. The van der Waals surface area contributed by atoms with Crippen molar-refractivity contribution in [2.45, 2.75) is 51.6 Å². The molecule has 118 valence electrons. The summed E-state index contributed by atoms with van der Waals surface area (Å²) >= 11 is 0. The lowest BCUT2D eigenvalue weighted by atomic mass is 9.84. The largest absolute Gasteiger partial charge is 0.395 e. The fourth-order valence-electron chi connectivity index (χ4n) is 2.94. The van der Waals surface area contributed by atoms with Crippen molar-refractivity contribution < 1.29 is 9.90 Å². The minimum atomic E-state index is -0.140. The summed E-state index contributed by atoms with van der Waals surface area (Å²) in [6.07, 6.45) is 10.3. The van der Waals surface area contributed by atoms with E-state index in [0.29, 0.717) is 6.04 Å². The molecule has 2 rings (SSSR count). The predicted molar refractivity (Wildman–Crippen MR) is 82.0 cm³/mol. The number of rotatable bonds is 7. The Morgan fingerprint density at radius 1 is 1.48 bits per heavy atom. The predicted octanol–water partition coefficient (Wildman–Crippen LogP) is 1.37. The maximum Gasteiger partial charge on any atom is 0.241 e. The van der Waals surface area contributed by atoms with Crippen molar-refractivity contribution in [3.8, 4) is 0 Å². The normalized spacial score (nSPS) is 17.4. The van der Waals surface area contributed by atoms with E-state index >= 15 is 0 Å². The average molecular weight is 294 g/mol. The Balaban J connectivity index is 1.80. The number of aromatic nitrogens is 2. The van der Waals surface area contributed by atoms with Crippen molar-refractivity contribution in [3.05, 3.63) is 12.4 Å². The van der Waals surface area contributed by atoms with Crippen LogP contribution in [0.4, 0.5) is 5.69 Å². The van der Waals surface area contributed by atoms with Crippen molar-refractivity contribution in [2.75, 3.05) is 18.5 Å². The second kappa shape index (κ2) is 8.02.